The number of hydrogen-bond acceptors (Lipinski definition) is 7. The van der Waals surface area contributed by atoms with Gasteiger partial charge in [0.2, 0.25) is 0 Å². The first-order valence-electron chi connectivity index (χ1n) is 6.72. The van der Waals surface area contributed by atoms with Crippen LogP contribution in [0.25, 0.3) is 0 Å². The van der Waals surface area contributed by atoms with Crippen molar-refractivity contribution in [3.8, 4) is 0 Å². The summed E-state index contributed by atoms with van der Waals surface area (Å²) in [6.45, 7) is 5.85. The molecule has 2 rings (SSSR count). The Morgan fingerprint density at radius 3 is 2.48 bits per heavy atom. The van der Waals surface area contributed by atoms with E-state index in [4.69, 9.17) is 0 Å². The van der Waals surface area contributed by atoms with E-state index in [1.807, 2.05) is 20.8 Å². The standard InChI is InChI=1S/C13H16N4O2S2/c1-4-7-8(5-2)15-16-11(10(7)12(18)19)20-13-14-9(6-3)17-21-13/h4-6H2,1-3H3,(H,18,19). The van der Waals surface area contributed by atoms with Crippen molar-refractivity contribution in [2.24, 2.45) is 0 Å². The lowest BCUT2D eigenvalue weighted by Gasteiger charge is -2.10. The van der Waals surface area contributed by atoms with Crippen LogP contribution in [0.3, 0.4) is 0 Å². The smallest absolute Gasteiger partial charge is 0.338 e. The van der Waals surface area contributed by atoms with Gasteiger partial charge in [-0.05, 0) is 41.7 Å². The van der Waals surface area contributed by atoms with Crippen LogP contribution in [0, 0.1) is 0 Å². The number of aryl methyl sites for hydroxylation is 2. The minimum absolute atomic E-state index is 0.239. The average Bonchev–Trinajstić information content (AvgIpc) is 2.93. The molecule has 0 aliphatic heterocycles. The summed E-state index contributed by atoms with van der Waals surface area (Å²) >= 11 is 2.47. The number of aromatic nitrogens is 4. The summed E-state index contributed by atoms with van der Waals surface area (Å²) in [6, 6.07) is 0. The number of carbonyl (C=O) groups is 1. The van der Waals surface area contributed by atoms with Crippen molar-refractivity contribution < 1.29 is 9.90 Å². The van der Waals surface area contributed by atoms with Gasteiger partial charge in [-0.1, -0.05) is 20.8 Å². The lowest BCUT2D eigenvalue weighted by Crippen LogP contribution is -2.11. The molecule has 0 radical (unpaired) electrons. The monoisotopic (exact) mass is 324 g/mol. The summed E-state index contributed by atoms with van der Waals surface area (Å²) in [5.74, 6) is -0.215. The third kappa shape index (κ3) is 3.38. The predicted molar refractivity (Wildman–Crippen MR) is 81.2 cm³/mol. The molecule has 2 aromatic heterocycles. The summed E-state index contributed by atoms with van der Waals surface area (Å²) in [5, 5.41) is 18.1. The zero-order valence-electron chi connectivity index (χ0n) is 12.1. The van der Waals surface area contributed by atoms with Gasteiger partial charge >= 0.3 is 5.97 Å². The average molecular weight is 324 g/mol. The molecule has 6 nitrogen and oxygen atoms in total. The van der Waals surface area contributed by atoms with Crippen molar-refractivity contribution in [2.75, 3.05) is 0 Å². The highest BCUT2D eigenvalue weighted by molar-refractivity contribution is 8.01. The van der Waals surface area contributed by atoms with Crippen LogP contribution in [0.15, 0.2) is 9.37 Å². The second-order valence-electron chi connectivity index (χ2n) is 4.25. The van der Waals surface area contributed by atoms with Gasteiger partial charge in [0.05, 0.1) is 11.3 Å². The first-order chi connectivity index (χ1) is 10.1. The molecule has 0 aliphatic carbocycles. The van der Waals surface area contributed by atoms with Crippen molar-refractivity contribution in [3.05, 3.63) is 22.6 Å². The van der Waals surface area contributed by atoms with Crippen LogP contribution < -0.4 is 0 Å². The molecule has 2 heterocycles. The molecule has 0 atom stereocenters. The van der Waals surface area contributed by atoms with Gasteiger partial charge in [0.1, 0.15) is 10.9 Å². The van der Waals surface area contributed by atoms with Crippen LogP contribution in [0.4, 0.5) is 0 Å². The van der Waals surface area contributed by atoms with E-state index >= 15 is 0 Å². The molecule has 2 aromatic rings. The molecule has 8 heteroatoms. The van der Waals surface area contributed by atoms with Crippen molar-refractivity contribution in [1.82, 2.24) is 19.6 Å². The molecular formula is C13H16N4O2S2. The Morgan fingerprint density at radius 2 is 1.95 bits per heavy atom. The van der Waals surface area contributed by atoms with Gasteiger partial charge < -0.3 is 5.11 Å². The van der Waals surface area contributed by atoms with Crippen molar-refractivity contribution >= 4 is 29.3 Å². The Hall–Kier alpha value is -1.54. The maximum atomic E-state index is 11.6. The van der Waals surface area contributed by atoms with E-state index in [2.05, 4.69) is 19.6 Å². The highest BCUT2D eigenvalue weighted by atomic mass is 32.2. The number of carboxylic acids is 1. The maximum absolute atomic E-state index is 11.6. The first-order valence-corrected chi connectivity index (χ1v) is 8.31. The Labute approximate surface area is 131 Å². The quantitative estimate of drug-likeness (QED) is 0.874. The molecule has 0 saturated carbocycles. The molecule has 0 amide bonds. The Bertz CT molecular complexity index is 658. The molecule has 0 aliphatic rings. The number of hydrogen-bond donors (Lipinski definition) is 1. The molecule has 0 bridgehead atoms. The highest BCUT2D eigenvalue weighted by Crippen LogP contribution is 2.32. The van der Waals surface area contributed by atoms with Crippen molar-refractivity contribution in [1.29, 1.82) is 0 Å². The van der Waals surface area contributed by atoms with Crippen LogP contribution in [0.1, 0.15) is 48.2 Å². The third-order valence-electron chi connectivity index (χ3n) is 2.98. The third-order valence-corrected chi connectivity index (χ3v) is 4.75. The lowest BCUT2D eigenvalue weighted by molar-refractivity contribution is 0.0690. The lowest BCUT2D eigenvalue weighted by atomic mass is 10.0. The van der Waals surface area contributed by atoms with Gasteiger partial charge in [-0.15, -0.1) is 5.10 Å². The summed E-state index contributed by atoms with van der Waals surface area (Å²) in [5.41, 5.74) is 1.73. The Balaban J connectivity index is 2.45. The zero-order chi connectivity index (χ0) is 15.4. The first kappa shape index (κ1) is 15.8. The van der Waals surface area contributed by atoms with Crippen LogP contribution in [-0.2, 0) is 19.3 Å². The summed E-state index contributed by atoms with van der Waals surface area (Å²) < 4.78 is 4.89. The maximum Gasteiger partial charge on any atom is 0.338 e. The highest BCUT2D eigenvalue weighted by Gasteiger charge is 2.22. The molecule has 0 unspecified atom stereocenters. The predicted octanol–water partition coefficient (Wildman–Crippen LogP) is 2.86. The summed E-state index contributed by atoms with van der Waals surface area (Å²) in [6.07, 6.45) is 2.04. The van der Waals surface area contributed by atoms with Gasteiger partial charge in [-0.2, -0.15) is 9.47 Å². The fourth-order valence-electron chi connectivity index (χ4n) is 1.95. The summed E-state index contributed by atoms with van der Waals surface area (Å²) in [4.78, 5) is 15.9. The van der Waals surface area contributed by atoms with E-state index in [0.29, 0.717) is 22.2 Å². The number of aromatic carboxylic acids is 1. The van der Waals surface area contributed by atoms with E-state index in [0.717, 1.165) is 23.5 Å². The molecule has 0 saturated heterocycles. The molecule has 0 spiro atoms. The van der Waals surface area contributed by atoms with Crippen molar-refractivity contribution in [2.45, 2.75) is 49.4 Å². The molecule has 0 aromatic carbocycles. The van der Waals surface area contributed by atoms with Crippen LogP contribution in [0.2, 0.25) is 0 Å². The molecule has 21 heavy (non-hydrogen) atoms. The van der Waals surface area contributed by atoms with Crippen LogP contribution >= 0.6 is 23.3 Å². The molecular weight excluding hydrogens is 308 g/mol. The van der Waals surface area contributed by atoms with E-state index < -0.39 is 5.97 Å². The van der Waals surface area contributed by atoms with Gasteiger partial charge in [-0.25, -0.2) is 9.78 Å². The second-order valence-corrected chi connectivity index (χ2v) is 6.24. The van der Waals surface area contributed by atoms with E-state index in [-0.39, 0.29) is 5.56 Å². The van der Waals surface area contributed by atoms with Gasteiger partial charge in [0.25, 0.3) is 0 Å². The topological polar surface area (TPSA) is 88.9 Å². The van der Waals surface area contributed by atoms with E-state index in [9.17, 15) is 9.90 Å². The van der Waals surface area contributed by atoms with Crippen LogP contribution in [-0.4, -0.2) is 30.6 Å². The largest absolute Gasteiger partial charge is 0.478 e. The molecule has 112 valence electrons. The number of nitrogens with zero attached hydrogens (tertiary/aromatic N) is 4. The van der Waals surface area contributed by atoms with Gasteiger partial charge in [0, 0.05) is 6.42 Å². The van der Waals surface area contributed by atoms with Gasteiger partial charge in [0.15, 0.2) is 4.34 Å². The molecule has 1 N–H and O–H groups in total. The van der Waals surface area contributed by atoms with E-state index in [1.165, 1.54) is 23.3 Å². The van der Waals surface area contributed by atoms with E-state index in [1.54, 1.807) is 0 Å². The fraction of sp³-hybridized carbons (Fsp3) is 0.462. The minimum Gasteiger partial charge on any atom is -0.478 e. The van der Waals surface area contributed by atoms with Crippen molar-refractivity contribution in [3.63, 3.8) is 0 Å². The van der Waals surface area contributed by atoms with Crippen LogP contribution in [0.5, 0.6) is 0 Å². The van der Waals surface area contributed by atoms with Gasteiger partial charge in [-0.3, -0.25) is 0 Å². The normalized spacial score (nSPS) is 10.8. The minimum atomic E-state index is -0.973. The Kier molecular flexibility index (Phi) is 5.24. The number of carboxylic acid groups (broad SMARTS) is 1. The second kappa shape index (κ2) is 6.95. The summed E-state index contributed by atoms with van der Waals surface area (Å²) in [7, 11) is 0. The Morgan fingerprint density at radius 1 is 1.19 bits per heavy atom. The number of rotatable bonds is 6. The SMILES string of the molecule is CCc1nsc(Sc2nnc(CC)c(CC)c2C(=O)O)n1. The molecule has 0 fully saturated rings. The fourth-order valence-corrected chi connectivity index (χ4v) is 3.66. The zero-order valence-corrected chi connectivity index (χ0v) is 13.7.